The van der Waals surface area contributed by atoms with Gasteiger partial charge in [0.25, 0.3) is 5.56 Å². The number of nitrogen functional groups attached to an aromatic ring is 1. The van der Waals surface area contributed by atoms with Crippen LogP contribution >= 0.6 is 11.8 Å². The Morgan fingerprint density at radius 2 is 1.97 bits per heavy atom. The number of thioether (sulfide) groups is 1. The number of hydrogen-bond donors (Lipinski definition) is 5. The lowest BCUT2D eigenvalue weighted by Gasteiger charge is -2.19. The van der Waals surface area contributed by atoms with Crippen LogP contribution in [-0.2, 0) is 11.2 Å². The molecule has 4 rings (SSSR count). The van der Waals surface area contributed by atoms with E-state index >= 15 is 0 Å². The molecule has 1 fully saturated rings. The molecule has 1 aromatic carbocycles. The van der Waals surface area contributed by atoms with Gasteiger partial charge >= 0.3 is 0 Å². The number of rotatable bonds is 6. The van der Waals surface area contributed by atoms with Crippen molar-refractivity contribution in [1.29, 1.82) is 0 Å². The maximum absolute atomic E-state index is 12.3. The van der Waals surface area contributed by atoms with Crippen molar-refractivity contribution >= 4 is 28.9 Å². The summed E-state index contributed by atoms with van der Waals surface area (Å²) in [6.07, 6.45) is -3.89. The van der Waals surface area contributed by atoms with E-state index in [1.54, 1.807) is 0 Å². The predicted molar refractivity (Wildman–Crippen MR) is 106 cm³/mol. The number of H-pyrrole nitrogens is 1. The van der Waals surface area contributed by atoms with Crippen LogP contribution in [0, 0.1) is 0 Å². The number of aliphatic hydroxyl groups is 3. The smallest absolute Gasteiger partial charge is 0.280 e. The molecule has 154 valence electrons. The molecule has 1 aliphatic rings. The highest BCUT2D eigenvalue weighted by atomic mass is 32.2. The minimum absolute atomic E-state index is 0.0548. The van der Waals surface area contributed by atoms with Crippen LogP contribution in [0.4, 0.5) is 5.95 Å². The van der Waals surface area contributed by atoms with E-state index in [1.165, 1.54) is 16.3 Å². The molecule has 0 spiro atoms. The van der Waals surface area contributed by atoms with Gasteiger partial charge in [0.1, 0.15) is 18.3 Å². The first kappa shape index (κ1) is 19.9. The van der Waals surface area contributed by atoms with Crippen molar-refractivity contribution in [3.05, 3.63) is 46.2 Å². The number of anilines is 1. The Kier molecular flexibility index (Phi) is 5.56. The van der Waals surface area contributed by atoms with Gasteiger partial charge in [-0.15, -0.1) is 0 Å². The highest BCUT2D eigenvalue weighted by Crippen LogP contribution is 2.35. The van der Waals surface area contributed by atoms with Crippen molar-refractivity contribution in [2.45, 2.75) is 36.1 Å². The first-order chi connectivity index (χ1) is 14.0. The van der Waals surface area contributed by atoms with E-state index in [0.29, 0.717) is 10.9 Å². The Balaban J connectivity index is 1.70. The van der Waals surface area contributed by atoms with E-state index in [9.17, 15) is 20.1 Å². The molecule has 3 heterocycles. The molecule has 2 aromatic heterocycles. The molecule has 6 N–H and O–H groups in total. The predicted octanol–water partition coefficient (Wildman–Crippen LogP) is -0.352. The zero-order chi connectivity index (χ0) is 20.5. The fraction of sp³-hybridized carbons (Fsp3) is 0.389. The number of ether oxygens (including phenoxy) is 1. The van der Waals surface area contributed by atoms with E-state index in [2.05, 4.69) is 15.0 Å². The Hall–Kier alpha value is -2.44. The number of aromatic nitrogens is 4. The number of nitrogens with zero attached hydrogens (tertiary/aromatic N) is 3. The summed E-state index contributed by atoms with van der Waals surface area (Å²) in [4.78, 5) is 23.2. The maximum atomic E-state index is 12.3. The van der Waals surface area contributed by atoms with Gasteiger partial charge in [-0.2, -0.15) is 4.98 Å². The summed E-state index contributed by atoms with van der Waals surface area (Å²) in [5, 5.41) is 30.4. The Morgan fingerprint density at radius 3 is 2.66 bits per heavy atom. The number of aliphatic hydroxyl groups excluding tert-OH is 3. The highest BCUT2D eigenvalue weighted by molar-refractivity contribution is 7.99. The standard InChI is InChI=1S/C18H21N5O5S/c19-17-21-14-11(15(27)22-17)20-18(29-7-6-9-4-2-1-3-5-9)23(14)16-13(26)12(25)10(8-24)28-16/h1-5,10,12-13,16,24-26H,6-8H2,(H3,19,21,22,27)/t10-,12-,13-,16-/m0/s1. The van der Waals surface area contributed by atoms with Crippen LogP contribution in [0.5, 0.6) is 0 Å². The van der Waals surface area contributed by atoms with Gasteiger partial charge in [-0.1, -0.05) is 42.1 Å². The lowest BCUT2D eigenvalue weighted by atomic mass is 10.1. The van der Waals surface area contributed by atoms with Crippen LogP contribution < -0.4 is 11.3 Å². The highest BCUT2D eigenvalue weighted by Gasteiger charge is 2.45. The Labute approximate surface area is 169 Å². The molecule has 1 aliphatic heterocycles. The van der Waals surface area contributed by atoms with Gasteiger partial charge in [0.2, 0.25) is 5.95 Å². The van der Waals surface area contributed by atoms with Crippen molar-refractivity contribution in [2.75, 3.05) is 18.1 Å². The number of nitrogens with one attached hydrogen (secondary N) is 1. The second-order valence-corrected chi connectivity index (χ2v) is 7.76. The van der Waals surface area contributed by atoms with Gasteiger partial charge in [0, 0.05) is 5.75 Å². The van der Waals surface area contributed by atoms with Gasteiger partial charge in [-0.25, -0.2) is 4.98 Å². The van der Waals surface area contributed by atoms with Crippen molar-refractivity contribution in [3.8, 4) is 0 Å². The average Bonchev–Trinajstić information content (AvgIpc) is 3.20. The summed E-state index contributed by atoms with van der Waals surface area (Å²) in [6, 6.07) is 9.90. The van der Waals surface area contributed by atoms with E-state index in [0.717, 1.165) is 12.0 Å². The topological polar surface area (TPSA) is 160 Å². The van der Waals surface area contributed by atoms with Crippen LogP contribution in [0.1, 0.15) is 11.8 Å². The third kappa shape index (κ3) is 3.74. The third-order valence-corrected chi connectivity index (χ3v) is 5.73. The SMILES string of the molecule is Nc1nc2c(nc(SCCc3ccccc3)n2[C@H]2O[C@@H](CO)[C@H](O)[C@@H]2O)c(=O)[nH]1. The van der Waals surface area contributed by atoms with Crippen molar-refractivity contribution < 1.29 is 20.1 Å². The first-order valence-corrected chi connectivity index (χ1v) is 10.0. The van der Waals surface area contributed by atoms with Crippen molar-refractivity contribution in [2.24, 2.45) is 0 Å². The zero-order valence-electron chi connectivity index (χ0n) is 15.3. The van der Waals surface area contributed by atoms with E-state index < -0.39 is 36.7 Å². The molecule has 3 aromatic rings. The molecule has 0 amide bonds. The molecule has 0 radical (unpaired) electrons. The molecule has 0 bridgehead atoms. The second-order valence-electron chi connectivity index (χ2n) is 6.70. The van der Waals surface area contributed by atoms with Gasteiger partial charge in [-0.05, 0) is 12.0 Å². The molecule has 0 unspecified atom stereocenters. The normalized spacial score (nSPS) is 24.4. The maximum Gasteiger partial charge on any atom is 0.280 e. The van der Waals surface area contributed by atoms with E-state index in [1.807, 2.05) is 30.3 Å². The van der Waals surface area contributed by atoms with E-state index in [4.69, 9.17) is 10.5 Å². The number of hydrogen-bond acceptors (Lipinski definition) is 9. The lowest BCUT2D eigenvalue weighted by molar-refractivity contribution is -0.0548. The molecule has 10 nitrogen and oxygen atoms in total. The Bertz CT molecular complexity index is 1060. The summed E-state index contributed by atoms with van der Waals surface area (Å²) in [7, 11) is 0. The number of fused-ring (bicyclic) bond motifs is 1. The Morgan fingerprint density at radius 1 is 1.21 bits per heavy atom. The molecule has 29 heavy (non-hydrogen) atoms. The third-order valence-electron chi connectivity index (χ3n) is 4.77. The van der Waals surface area contributed by atoms with Crippen LogP contribution in [-0.4, -0.2) is 65.5 Å². The monoisotopic (exact) mass is 419 g/mol. The average molecular weight is 419 g/mol. The number of imidazole rings is 1. The minimum Gasteiger partial charge on any atom is -0.394 e. The van der Waals surface area contributed by atoms with Crippen LogP contribution in [0.2, 0.25) is 0 Å². The van der Waals surface area contributed by atoms with Gasteiger partial charge in [0.15, 0.2) is 22.5 Å². The summed E-state index contributed by atoms with van der Waals surface area (Å²) in [5.41, 5.74) is 6.52. The summed E-state index contributed by atoms with van der Waals surface area (Å²) in [6.45, 7) is -0.464. The first-order valence-electron chi connectivity index (χ1n) is 9.06. The molecular formula is C18H21N5O5S. The molecular weight excluding hydrogens is 398 g/mol. The number of aromatic amines is 1. The van der Waals surface area contributed by atoms with Crippen LogP contribution in [0.3, 0.4) is 0 Å². The lowest BCUT2D eigenvalue weighted by Crippen LogP contribution is -2.33. The summed E-state index contributed by atoms with van der Waals surface area (Å²) < 4.78 is 7.10. The van der Waals surface area contributed by atoms with Crippen LogP contribution in [0.15, 0.2) is 40.3 Å². The van der Waals surface area contributed by atoms with Gasteiger partial charge in [-0.3, -0.25) is 14.3 Å². The van der Waals surface area contributed by atoms with E-state index in [-0.39, 0.29) is 17.1 Å². The molecule has 11 heteroatoms. The zero-order valence-corrected chi connectivity index (χ0v) is 16.1. The summed E-state index contributed by atoms with van der Waals surface area (Å²) in [5.74, 6) is 0.548. The second kappa shape index (κ2) is 8.13. The number of aryl methyl sites for hydroxylation is 1. The number of benzene rings is 1. The van der Waals surface area contributed by atoms with Crippen LogP contribution in [0.25, 0.3) is 11.2 Å². The molecule has 0 aliphatic carbocycles. The largest absolute Gasteiger partial charge is 0.394 e. The molecule has 4 atom stereocenters. The van der Waals surface area contributed by atoms with Gasteiger partial charge in [0.05, 0.1) is 6.61 Å². The molecule has 0 saturated carbocycles. The minimum atomic E-state index is -1.33. The van der Waals surface area contributed by atoms with Crippen molar-refractivity contribution in [3.63, 3.8) is 0 Å². The van der Waals surface area contributed by atoms with Gasteiger partial charge < -0.3 is 25.8 Å². The fourth-order valence-corrected chi connectivity index (χ4v) is 4.32. The number of nitrogens with two attached hydrogens (primary N) is 1. The van der Waals surface area contributed by atoms with Crippen molar-refractivity contribution in [1.82, 2.24) is 19.5 Å². The molecule has 1 saturated heterocycles. The quantitative estimate of drug-likeness (QED) is 0.336. The summed E-state index contributed by atoms with van der Waals surface area (Å²) >= 11 is 1.36. The fourth-order valence-electron chi connectivity index (χ4n) is 3.31.